The van der Waals surface area contributed by atoms with Crippen LogP contribution in [0.1, 0.15) is 20.7 Å². The molecule has 8 heteroatoms. The Hall–Kier alpha value is -4.46. The lowest BCUT2D eigenvalue weighted by atomic mass is 10.1. The van der Waals surface area contributed by atoms with Crippen LogP contribution < -0.4 is 10.6 Å². The lowest BCUT2D eigenvalue weighted by Gasteiger charge is -2.06. The highest BCUT2D eigenvalue weighted by Gasteiger charge is 2.15. The van der Waals surface area contributed by atoms with E-state index in [0.29, 0.717) is 22.8 Å². The van der Waals surface area contributed by atoms with Crippen molar-refractivity contribution in [3.63, 3.8) is 0 Å². The van der Waals surface area contributed by atoms with Crippen LogP contribution in [0.5, 0.6) is 0 Å². The van der Waals surface area contributed by atoms with E-state index in [4.69, 9.17) is 0 Å². The Labute approximate surface area is 170 Å². The van der Waals surface area contributed by atoms with Gasteiger partial charge >= 0.3 is 0 Å². The van der Waals surface area contributed by atoms with Crippen LogP contribution in [0.4, 0.5) is 11.6 Å². The van der Waals surface area contributed by atoms with Gasteiger partial charge in [-0.15, -0.1) is 0 Å². The number of para-hydroxylation sites is 2. The Morgan fingerprint density at radius 2 is 1.10 bits per heavy atom. The molecule has 2 heterocycles. The van der Waals surface area contributed by atoms with E-state index >= 15 is 0 Å². The lowest BCUT2D eigenvalue weighted by molar-refractivity contribution is 0.102. The van der Waals surface area contributed by atoms with E-state index in [1.807, 2.05) is 48.5 Å². The zero-order valence-corrected chi connectivity index (χ0v) is 15.6. The normalized spacial score (nSPS) is 10.9. The highest BCUT2D eigenvalue weighted by molar-refractivity contribution is 6.11. The number of nitrogens with zero attached hydrogens (tertiary/aromatic N) is 2. The summed E-state index contributed by atoms with van der Waals surface area (Å²) in [6.07, 6.45) is 0. The fourth-order valence-electron chi connectivity index (χ4n) is 3.28. The van der Waals surface area contributed by atoms with Crippen molar-refractivity contribution < 1.29 is 9.59 Å². The fraction of sp³-hybridized carbons (Fsp3) is 0. The topological polar surface area (TPSA) is 116 Å². The molecule has 0 fully saturated rings. The van der Waals surface area contributed by atoms with Crippen molar-refractivity contribution in [3.05, 3.63) is 83.9 Å². The summed E-state index contributed by atoms with van der Waals surface area (Å²) in [6.45, 7) is 0. The largest absolute Gasteiger partial charge is 0.305 e. The van der Waals surface area contributed by atoms with E-state index in [9.17, 15) is 9.59 Å². The van der Waals surface area contributed by atoms with Gasteiger partial charge in [-0.2, -0.15) is 10.2 Å². The summed E-state index contributed by atoms with van der Waals surface area (Å²) in [4.78, 5) is 25.4. The third-order valence-corrected chi connectivity index (χ3v) is 4.79. The number of amides is 2. The van der Waals surface area contributed by atoms with Crippen LogP contribution in [0, 0.1) is 0 Å². The number of aromatic nitrogens is 4. The molecule has 2 amide bonds. The maximum atomic E-state index is 12.7. The SMILES string of the molecule is O=C(Nc1n[nH]c2ccccc12)c1cccc(C(=O)Nc2n[nH]c3ccccc23)c1. The summed E-state index contributed by atoms with van der Waals surface area (Å²) in [7, 11) is 0. The second-order valence-corrected chi connectivity index (χ2v) is 6.72. The van der Waals surface area contributed by atoms with E-state index < -0.39 is 0 Å². The molecule has 0 radical (unpaired) electrons. The van der Waals surface area contributed by atoms with Crippen LogP contribution in [-0.2, 0) is 0 Å². The van der Waals surface area contributed by atoms with Crippen LogP contribution in [0.15, 0.2) is 72.8 Å². The Balaban J connectivity index is 1.37. The molecule has 0 bridgehead atoms. The maximum Gasteiger partial charge on any atom is 0.256 e. The molecule has 0 aliphatic heterocycles. The number of anilines is 2. The van der Waals surface area contributed by atoms with Gasteiger partial charge in [0, 0.05) is 21.9 Å². The second kappa shape index (κ2) is 7.17. The van der Waals surface area contributed by atoms with E-state index in [1.165, 1.54) is 6.07 Å². The number of aromatic amines is 2. The standard InChI is InChI=1S/C22H16N6O2/c29-21(23-19-15-8-1-3-10-17(15)25-27-19)13-6-5-7-14(12-13)22(30)24-20-16-9-2-4-11-18(16)26-28-20/h1-12H,(H2,23,25,27,29)(H2,24,26,28,30). The number of carbonyl (C=O) groups excluding carboxylic acids is 2. The summed E-state index contributed by atoms with van der Waals surface area (Å²) in [5.41, 5.74) is 2.35. The molecule has 5 aromatic rings. The maximum absolute atomic E-state index is 12.7. The molecule has 3 aromatic carbocycles. The number of hydrogen-bond donors (Lipinski definition) is 4. The average Bonchev–Trinajstić information content (AvgIpc) is 3.38. The minimum atomic E-state index is -0.355. The Morgan fingerprint density at radius 1 is 0.633 bits per heavy atom. The van der Waals surface area contributed by atoms with Gasteiger partial charge in [-0.1, -0.05) is 30.3 Å². The number of H-pyrrole nitrogens is 2. The van der Waals surface area contributed by atoms with Crippen LogP contribution in [-0.4, -0.2) is 32.2 Å². The summed E-state index contributed by atoms with van der Waals surface area (Å²) >= 11 is 0. The predicted molar refractivity (Wildman–Crippen MR) is 115 cm³/mol. The molecule has 0 aliphatic carbocycles. The third-order valence-electron chi connectivity index (χ3n) is 4.79. The smallest absolute Gasteiger partial charge is 0.256 e. The van der Waals surface area contributed by atoms with Gasteiger partial charge in [-0.25, -0.2) is 0 Å². The van der Waals surface area contributed by atoms with Gasteiger partial charge in [-0.05, 0) is 42.5 Å². The molecule has 0 spiro atoms. The van der Waals surface area contributed by atoms with Crippen LogP contribution in [0.25, 0.3) is 21.8 Å². The second-order valence-electron chi connectivity index (χ2n) is 6.72. The summed E-state index contributed by atoms with van der Waals surface area (Å²) in [6, 6.07) is 21.5. The fourth-order valence-corrected chi connectivity index (χ4v) is 3.28. The van der Waals surface area contributed by atoms with Crippen LogP contribution in [0.3, 0.4) is 0 Å². The van der Waals surface area contributed by atoms with Gasteiger partial charge in [0.05, 0.1) is 11.0 Å². The first-order chi connectivity index (χ1) is 14.7. The molecule has 146 valence electrons. The highest BCUT2D eigenvalue weighted by atomic mass is 16.2. The quantitative estimate of drug-likeness (QED) is 0.368. The molecule has 2 aromatic heterocycles. The van der Waals surface area contributed by atoms with Crippen LogP contribution in [0.2, 0.25) is 0 Å². The number of nitrogens with one attached hydrogen (secondary N) is 4. The number of fused-ring (bicyclic) bond motifs is 2. The predicted octanol–water partition coefficient (Wildman–Crippen LogP) is 3.94. The zero-order valence-electron chi connectivity index (χ0n) is 15.6. The van der Waals surface area contributed by atoms with Crippen molar-refractivity contribution in [2.75, 3.05) is 10.6 Å². The van der Waals surface area contributed by atoms with E-state index in [0.717, 1.165) is 21.8 Å². The minimum Gasteiger partial charge on any atom is -0.305 e. The molecule has 0 unspecified atom stereocenters. The van der Waals surface area contributed by atoms with E-state index in [1.54, 1.807) is 18.2 Å². The van der Waals surface area contributed by atoms with Gasteiger partial charge in [0.15, 0.2) is 11.6 Å². The molecule has 30 heavy (non-hydrogen) atoms. The Bertz CT molecular complexity index is 1300. The molecule has 5 rings (SSSR count). The molecule has 0 aliphatic rings. The molecule has 0 atom stereocenters. The molecular weight excluding hydrogens is 380 g/mol. The number of hydrogen-bond acceptors (Lipinski definition) is 4. The summed E-state index contributed by atoms with van der Waals surface area (Å²) in [5.74, 6) is 0.168. The molecule has 0 saturated carbocycles. The molecule has 0 saturated heterocycles. The highest BCUT2D eigenvalue weighted by Crippen LogP contribution is 2.22. The lowest BCUT2D eigenvalue weighted by Crippen LogP contribution is -2.16. The summed E-state index contributed by atoms with van der Waals surface area (Å²) < 4.78 is 0. The Morgan fingerprint density at radius 3 is 1.60 bits per heavy atom. The van der Waals surface area contributed by atoms with Crippen molar-refractivity contribution in [3.8, 4) is 0 Å². The van der Waals surface area contributed by atoms with Crippen molar-refractivity contribution >= 4 is 45.3 Å². The molecular formula is C22H16N6O2. The van der Waals surface area contributed by atoms with Gasteiger partial charge in [0.1, 0.15) is 0 Å². The average molecular weight is 396 g/mol. The van der Waals surface area contributed by atoms with Crippen molar-refractivity contribution in [2.24, 2.45) is 0 Å². The first-order valence-electron chi connectivity index (χ1n) is 9.28. The number of rotatable bonds is 4. The minimum absolute atomic E-state index is 0.349. The van der Waals surface area contributed by atoms with Crippen molar-refractivity contribution in [1.82, 2.24) is 20.4 Å². The van der Waals surface area contributed by atoms with Gasteiger partial charge < -0.3 is 10.6 Å². The van der Waals surface area contributed by atoms with Gasteiger partial charge in [0.25, 0.3) is 11.8 Å². The van der Waals surface area contributed by atoms with Crippen LogP contribution >= 0.6 is 0 Å². The first kappa shape index (κ1) is 17.6. The number of benzene rings is 3. The first-order valence-corrected chi connectivity index (χ1v) is 9.28. The summed E-state index contributed by atoms with van der Waals surface area (Å²) in [5, 5.41) is 21.2. The van der Waals surface area contributed by atoms with E-state index in [-0.39, 0.29) is 11.8 Å². The van der Waals surface area contributed by atoms with Gasteiger partial charge in [0.2, 0.25) is 0 Å². The van der Waals surface area contributed by atoms with Gasteiger partial charge in [-0.3, -0.25) is 19.8 Å². The van der Waals surface area contributed by atoms with Crippen molar-refractivity contribution in [1.29, 1.82) is 0 Å². The number of carbonyl (C=O) groups is 2. The molecule has 8 nitrogen and oxygen atoms in total. The van der Waals surface area contributed by atoms with Crippen molar-refractivity contribution in [2.45, 2.75) is 0 Å². The zero-order chi connectivity index (χ0) is 20.5. The van der Waals surface area contributed by atoms with E-state index in [2.05, 4.69) is 31.0 Å². The molecule has 4 N–H and O–H groups in total. The monoisotopic (exact) mass is 396 g/mol. The third kappa shape index (κ3) is 3.16. The Kier molecular flexibility index (Phi) is 4.21.